The Bertz CT molecular complexity index is 393. The van der Waals surface area contributed by atoms with Gasteiger partial charge in [-0.3, -0.25) is 0 Å². The Labute approximate surface area is 121 Å². The summed E-state index contributed by atoms with van der Waals surface area (Å²) in [5.74, 6) is -0.252. The normalized spacial score (nSPS) is 21.8. The van der Waals surface area contributed by atoms with Crippen molar-refractivity contribution in [3.05, 3.63) is 34.1 Å². The summed E-state index contributed by atoms with van der Waals surface area (Å²) in [6, 6.07) is 4.96. The quantitative estimate of drug-likeness (QED) is 0.686. The first-order valence-electron chi connectivity index (χ1n) is 6.37. The molecule has 100 valence electrons. The van der Waals surface area contributed by atoms with Crippen molar-refractivity contribution in [3.8, 4) is 0 Å². The van der Waals surface area contributed by atoms with Crippen LogP contribution in [-0.2, 0) is 4.74 Å². The van der Waals surface area contributed by atoms with E-state index in [0.717, 1.165) is 31.4 Å². The van der Waals surface area contributed by atoms with Gasteiger partial charge < -0.3 is 4.74 Å². The fourth-order valence-electron chi connectivity index (χ4n) is 2.24. The Morgan fingerprint density at radius 2 is 2.28 bits per heavy atom. The molecule has 1 heterocycles. The molecule has 1 aromatic rings. The van der Waals surface area contributed by atoms with Gasteiger partial charge in [0.15, 0.2) is 0 Å². The average molecular weight is 336 g/mol. The first-order chi connectivity index (χ1) is 8.66. The topological polar surface area (TPSA) is 9.23 Å². The minimum Gasteiger partial charge on any atom is -0.378 e. The maximum Gasteiger partial charge on any atom is 0.137 e. The van der Waals surface area contributed by atoms with Gasteiger partial charge in [0.2, 0.25) is 0 Å². The van der Waals surface area contributed by atoms with E-state index in [1.165, 1.54) is 18.9 Å². The molecule has 1 saturated heterocycles. The first kappa shape index (κ1) is 14.3. The van der Waals surface area contributed by atoms with Gasteiger partial charge in [-0.15, -0.1) is 11.6 Å². The predicted molar refractivity (Wildman–Crippen MR) is 75.5 cm³/mol. The second-order valence-corrected chi connectivity index (χ2v) is 6.09. The van der Waals surface area contributed by atoms with Crippen LogP contribution in [0.15, 0.2) is 22.7 Å². The lowest BCUT2D eigenvalue weighted by Gasteiger charge is -2.23. The van der Waals surface area contributed by atoms with Crippen molar-refractivity contribution in [3.63, 3.8) is 0 Å². The molecule has 0 saturated carbocycles. The van der Waals surface area contributed by atoms with Crippen molar-refractivity contribution in [2.75, 3.05) is 6.61 Å². The van der Waals surface area contributed by atoms with E-state index in [1.54, 1.807) is 12.1 Å². The van der Waals surface area contributed by atoms with E-state index >= 15 is 0 Å². The highest BCUT2D eigenvalue weighted by Gasteiger charge is 2.17. The lowest BCUT2D eigenvalue weighted by molar-refractivity contribution is 0.0100. The highest BCUT2D eigenvalue weighted by molar-refractivity contribution is 9.10. The van der Waals surface area contributed by atoms with Gasteiger partial charge in [0, 0.05) is 6.61 Å². The lowest BCUT2D eigenvalue weighted by atomic mass is 10.0. The molecule has 0 amide bonds. The van der Waals surface area contributed by atoms with Crippen LogP contribution >= 0.6 is 27.5 Å². The SMILES string of the molecule is Fc1ccc(C(Cl)CCC2CCCCO2)cc1Br. The van der Waals surface area contributed by atoms with Crippen LogP contribution in [-0.4, -0.2) is 12.7 Å². The summed E-state index contributed by atoms with van der Waals surface area (Å²) in [6.07, 6.45) is 5.75. The minimum absolute atomic E-state index is 0.0765. The van der Waals surface area contributed by atoms with Crippen molar-refractivity contribution in [2.45, 2.75) is 43.6 Å². The maximum atomic E-state index is 13.1. The molecule has 0 bridgehead atoms. The number of ether oxygens (including phenoxy) is 1. The molecule has 4 heteroatoms. The zero-order chi connectivity index (χ0) is 13.0. The van der Waals surface area contributed by atoms with E-state index < -0.39 is 0 Å². The number of hydrogen-bond donors (Lipinski definition) is 0. The van der Waals surface area contributed by atoms with Gasteiger partial charge in [-0.2, -0.15) is 0 Å². The summed E-state index contributed by atoms with van der Waals surface area (Å²) >= 11 is 9.53. The molecular formula is C14H17BrClFO. The molecule has 0 spiro atoms. The van der Waals surface area contributed by atoms with Crippen molar-refractivity contribution < 1.29 is 9.13 Å². The van der Waals surface area contributed by atoms with Gasteiger partial charge in [0.1, 0.15) is 5.82 Å². The molecule has 0 N–H and O–H groups in total. The number of benzene rings is 1. The number of alkyl halides is 1. The van der Waals surface area contributed by atoms with Crippen LogP contribution in [0.2, 0.25) is 0 Å². The second-order valence-electron chi connectivity index (χ2n) is 4.71. The largest absolute Gasteiger partial charge is 0.378 e. The van der Waals surface area contributed by atoms with E-state index in [1.807, 2.05) is 0 Å². The lowest BCUT2D eigenvalue weighted by Crippen LogP contribution is -2.19. The minimum atomic E-state index is -0.252. The van der Waals surface area contributed by atoms with Gasteiger partial charge in [-0.25, -0.2) is 4.39 Å². The van der Waals surface area contributed by atoms with Gasteiger partial charge in [0.05, 0.1) is 16.0 Å². The van der Waals surface area contributed by atoms with E-state index in [9.17, 15) is 4.39 Å². The molecule has 1 fully saturated rings. The number of rotatable bonds is 4. The maximum absolute atomic E-state index is 13.1. The Kier molecular flexibility index (Phi) is 5.46. The molecule has 1 aromatic carbocycles. The molecule has 0 aromatic heterocycles. The van der Waals surface area contributed by atoms with Crippen LogP contribution in [0.4, 0.5) is 4.39 Å². The predicted octanol–water partition coefficient (Wildman–Crippen LogP) is 5.22. The van der Waals surface area contributed by atoms with Crippen LogP contribution in [0.1, 0.15) is 43.0 Å². The molecule has 18 heavy (non-hydrogen) atoms. The van der Waals surface area contributed by atoms with Gasteiger partial charge in [0.25, 0.3) is 0 Å². The third-order valence-electron chi connectivity index (χ3n) is 3.32. The third-order valence-corrected chi connectivity index (χ3v) is 4.40. The zero-order valence-electron chi connectivity index (χ0n) is 10.2. The molecule has 1 nitrogen and oxygen atoms in total. The number of halogens is 3. The Morgan fingerprint density at radius 3 is 2.94 bits per heavy atom. The van der Waals surface area contributed by atoms with E-state index in [2.05, 4.69) is 15.9 Å². The molecule has 1 aliphatic rings. The van der Waals surface area contributed by atoms with Crippen molar-refractivity contribution in [1.29, 1.82) is 0 Å². The zero-order valence-corrected chi connectivity index (χ0v) is 12.5. The van der Waals surface area contributed by atoms with Crippen LogP contribution in [0.5, 0.6) is 0 Å². The molecule has 2 atom stereocenters. The third kappa shape index (κ3) is 3.94. The molecule has 2 rings (SSSR count). The fraction of sp³-hybridized carbons (Fsp3) is 0.571. The van der Waals surface area contributed by atoms with Gasteiger partial charge in [-0.05, 0) is 65.7 Å². The summed E-state index contributed by atoms with van der Waals surface area (Å²) in [4.78, 5) is 0. The summed E-state index contributed by atoms with van der Waals surface area (Å²) in [7, 11) is 0. The fourth-order valence-corrected chi connectivity index (χ4v) is 2.90. The first-order valence-corrected chi connectivity index (χ1v) is 7.60. The standard InChI is InChI=1S/C14H17BrClFO/c15-12-9-10(4-7-14(12)17)13(16)6-5-11-3-1-2-8-18-11/h4,7,9,11,13H,1-3,5-6,8H2. The Morgan fingerprint density at radius 1 is 1.44 bits per heavy atom. The van der Waals surface area contributed by atoms with Crippen LogP contribution in [0.3, 0.4) is 0 Å². The van der Waals surface area contributed by atoms with Crippen LogP contribution < -0.4 is 0 Å². The van der Waals surface area contributed by atoms with Crippen molar-refractivity contribution in [2.24, 2.45) is 0 Å². The van der Waals surface area contributed by atoms with Gasteiger partial charge >= 0.3 is 0 Å². The van der Waals surface area contributed by atoms with E-state index in [-0.39, 0.29) is 11.2 Å². The highest BCUT2D eigenvalue weighted by Crippen LogP contribution is 2.30. The number of hydrogen-bond acceptors (Lipinski definition) is 1. The second kappa shape index (κ2) is 6.88. The van der Waals surface area contributed by atoms with E-state index in [0.29, 0.717) is 10.6 Å². The van der Waals surface area contributed by atoms with Crippen molar-refractivity contribution in [1.82, 2.24) is 0 Å². The summed E-state index contributed by atoms with van der Waals surface area (Å²) in [5.41, 5.74) is 0.959. The molecule has 0 radical (unpaired) electrons. The Hall–Kier alpha value is -0.120. The van der Waals surface area contributed by atoms with Crippen LogP contribution in [0, 0.1) is 5.82 Å². The smallest absolute Gasteiger partial charge is 0.137 e. The monoisotopic (exact) mass is 334 g/mol. The van der Waals surface area contributed by atoms with Crippen LogP contribution in [0.25, 0.3) is 0 Å². The summed E-state index contributed by atoms with van der Waals surface area (Å²) in [5, 5.41) is -0.0765. The average Bonchev–Trinajstić information content (AvgIpc) is 2.40. The summed E-state index contributed by atoms with van der Waals surface area (Å²) < 4.78 is 19.3. The molecule has 2 unspecified atom stereocenters. The van der Waals surface area contributed by atoms with Crippen molar-refractivity contribution >= 4 is 27.5 Å². The highest BCUT2D eigenvalue weighted by atomic mass is 79.9. The van der Waals surface area contributed by atoms with E-state index in [4.69, 9.17) is 16.3 Å². The molecular weight excluding hydrogens is 319 g/mol. The molecule has 0 aliphatic carbocycles. The Balaban J connectivity index is 1.86. The van der Waals surface area contributed by atoms with Gasteiger partial charge in [-0.1, -0.05) is 6.07 Å². The summed E-state index contributed by atoms with van der Waals surface area (Å²) in [6.45, 7) is 0.875. The molecule has 1 aliphatic heterocycles.